The normalized spacial score (nSPS) is 12.0. The summed E-state index contributed by atoms with van der Waals surface area (Å²) in [6, 6.07) is 12.4. The van der Waals surface area contributed by atoms with Gasteiger partial charge in [0.2, 0.25) is 5.56 Å². The molecule has 6 heteroatoms. The molecule has 0 aliphatic heterocycles. The molecule has 0 aliphatic rings. The predicted octanol–water partition coefficient (Wildman–Crippen LogP) is 3.51. The molecule has 1 amide bonds. The molecule has 1 aromatic heterocycles. The Balaban J connectivity index is 2.04. The largest absolute Gasteiger partial charge is 0.496 e. The number of pyridine rings is 1. The van der Waals surface area contributed by atoms with Crippen molar-refractivity contribution in [3.63, 3.8) is 0 Å². The van der Waals surface area contributed by atoms with Crippen LogP contribution in [0.5, 0.6) is 5.75 Å². The number of aromatic nitrogens is 1. The molecule has 1 N–H and O–H groups in total. The molecule has 0 saturated carbocycles. The van der Waals surface area contributed by atoms with E-state index in [1.54, 1.807) is 14.2 Å². The van der Waals surface area contributed by atoms with Crippen molar-refractivity contribution >= 4 is 16.8 Å². The summed E-state index contributed by atoms with van der Waals surface area (Å²) in [4.78, 5) is 29.1. The van der Waals surface area contributed by atoms with Crippen LogP contribution in [0.3, 0.4) is 0 Å². The molecule has 2 aromatic carbocycles. The van der Waals surface area contributed by atoms with Crippen LogP contribution in [-0.2, 0) is 0 Å². The van der Waals surface area contributed by atoms with Gasteiger partial charge in [-0.25, -0.2) is 4.39 Å². The molecule has 5 nitrogen and oxygen atoms in total. The number of hydrogen-bond donors (Lipinski definition) is 1. The molecule has 0 radical (unpaired) electrons. The summed E-state index contributed by atoms with van der Waals surface area (Å²) < 4.78 is 18.8. The van der Waals surface area contributed by atoms with E-state index in [0.29, 0.717) is 16.7 Å². The number of nitrogens with one attached hydrogen (secondary N) is 1. The number of methoxy groups -OCH3 is 1. The first-order valence-electron chi connectivity index (χ1n) is 8.15. The van der Waals surface area contributed by atoms with Gasteiger partial charge in [-0.05, 0) is 31.2 Å². The highest BCUT2D eigenvalue weighted by atomic mass is 19.1. The maximum absolute atomic E-state index is 13.5. The predicted molar refractivity (Wildman–Crippen MR) is 98.0 cm³/mol. The minimum Gasteiger partial charge on any atom is -0.496 e. The number of ether oxygens (including phenoxy) is 1. The fourth-order valence-corrected chi connectivity index (χ4v) is 3.00. The molecule has 3 aromatic rings. The zero-order valence-electron chi connectivity index (χ0n) is 14.7. The van der Waals surface area contributed by atoms with Gasteiger partial charge in [0.25, 0.3) is 5.91 Å². The average Bonchev–Trinajstić information content (AvgIpc) is 2.65. The van der Waals surface area contributed by atoms with Crippen LogP contribution in [0.4, 0.5) is 4.39 Å². The number of aromatic amines is 1. The van der Waals surface area contributed by atoms with Gasteiger partial charge >= 0.3 is 0 Å². The number of halogens is 1. The van der Waals surface area contributed by atoms with Crippen LogP contribution in [0.15, 0.2) is 53.3 Å². The van der Waals surface area contributed by atoms with Gasteiger partial charge in [0.15, 0.2) is 0 Å². The van der Waals surface area contributed by atoms with Gasteiger partial charge in [-0.1, -0.05) is 18.2 Å². The lowest BCUT2D eigenvalue weighted by Gasteiger charge is -2.27. The van der Waals surface area contributed by atoms with E-state index < -0.39 is 11.4 Å². The smallest absolute Gasteiger partial charge is 0.254 e. The maximum Gasteiger partial charge on any atom is 0.254 e. The highest BCUT2D eigenvalue weighted by Gasteiger charge is 2.23. The van der Waals surface area contributed by atoms with E-state index in [1.807, 2.05) is 31.2 Å². The van der Waals surface area contributed by atoms with Gasteiger partial charge in [-0.15, -0.1) is 0 Å². The van der Waals surface area contributed by atoms with Crippen LogP contribution in [0.25, 0.3) is 10.9 Å². The second-order valence-corrected chi connectivity index (χ2v) is 6.07. The van der Waals surface area contributed by atoms with Crippen molar-refractivity contribution in [1.29, 1.82) is 0 Å². The van der Waals surface area contributed by atoms with E-state index in [-0.39, 0.29) is 17.5 Å². The van der Waals surface area contributed by atoms with E-state index in [1.165, 1.54) is 29.2 Å². The lowest BCUT2D eigenvalue weighted by Crippen LogP contribution is -2.31. The van der Waals surface area contributed by atoms with Crippen LogP contribution in [0.2, 0.25) is 0 Å². The van der Waals surface area contributed by atoms with Crippen LogP contribution < -0.4 is 10.3 Å². The number of benzene rings is 2. The zero-order valence-corrected chi connectivity index (χ0v) is 14.7. The molecule has 1 atom stereocenters. The lowest BCUT2D eigenvalue weighted by atomic mass is 10.0. The SMILES string of the molecule is COc1ccccc1C(C)N(C)C(=O)c1cc(=O)[nH]c2cc(F)ccc12. The topological polar surface area (TPSA) is 62.4 Å². The summed E-state index contributed by atoms with van der Waals surface area (Å²) in [6.07, 6.45) is 0. The first kappa shape index (κ1) is 17.7. The third-order valence-electron chi connectivity index (χ3n) is 4.53. The van der Waals surface area contributed by atoms with Gasteiger partial charge < -0.3 is 14.6 Å². The number of carbonyl (C=O) groups excluding carboxylic acids is 1. The molecular formula is C20H19FN2O3. The van der Waals surface area contributed by atoms with Crippen molar-refractivity contribution in [3.05, 3.63) is 75.8 Å². The van der Waals surface area contributed by atoms with E-state index >= 15 is 0 Å². The van der Waals surface area contributed by atoms with Crippen molar-refractivity contribution < 1.29 is 13.9 Å². The summed E-state index contributed by atoms with van der Waals surface area (Å²) in [7, 11) is 3.24. The van der Waals surface area contributed by atoms with E-state index in [2.05, 4.69) is 4.98 Å². The van der Waals surface area contributed by atoms with Crippen LogP contribution >= 0.6 is 0 Å². The fourth-order valence-electron chi connectivity index (χ4n) is 3.00. The van der Waals surface area contributed by atoms with Crippen molar-refractivity contribution in [2.75, 3.05) is 14.2 Å². The van der Waals surface area contributed by atoms with Crippen LogP contribution in [0.1, 0.15) is 28.9 Å². The third kappa shape index (κ3) is 3.18. The Morgan fingerprint density at radius 2 is 1.92 bits per heavy atom. The number of hydrogen-bond acceptors (Lipinski definition) is 3. The Morgan fingerprint density at radius 3 is 2.65 bits per heavy atom. The summed E-state index contributed by atoms with van der Waals surface area (Å²) in [5, 5.41) is 0.495. The number of rotatable bonds is 4. The van der Waals surface area contributed by atoms with E-state index in [0.717, 1.165) is 5.56 Å². The number of H-pyrrole nitrogens is 1. The highest BCUT2D eigenvalue weighted by molar-refractivity contribution is 6.06. The van der Waals surface area contributed by atoms with E-state index in [9.17, 15) is 14.0 Å². The standard InChI is InChI=1S/C20H19FN2O3/c1-12(14-6-4-5-7-18(14)26-3)23(2)20(25)16-11-19(24)22-17-10-13(21)8-9-15(16)17/h4-12H,1-3H3,(H,22,24). The fraction of sp³-hybridized carbons (Fsp3) is 0.200. The molecule has 26 heavy (non-hydrogen) atoms. The molecular weight excluding hydrogens is 335 g/mol. The molecule has 0 spiro atoms. The number of amides is 1. The highest BCUT2D eigenvalue weighted by Crippen LogP contribution is 2.29. The second kappa shape index (κ2) is 7.00. The number of para-hydroxylation sites is 1. The maximum atomic E-state index is 13.5. The molecule has 0 saturated heterocycles. The van der Waals surface area contributed by atoms with Gasteiger partial charge in [0.05, 0.1) is 24.2 Å². The Hall–Kier alpha value is -3.15. The Bertz CT molecular complexity index is 1030. The Kier molecular flexibility index (Phi) is 4.75. The summed E-state index contributed by atoms with van der Waals surface area (Å²) in [6.45, 7) is 1.88. The summed E-state index contributed by atoms with van der Waals surface area (Å²) >= 11 is 0. The number of fused-ring (bicyclic) bond motifs is 1. The molecule has 0 fully saturated rings. The van der Waals surface area contributed by atoms with Gasteiger partial charge in [0.1, 0.15) is 11.6 Å². The average molecular weight is 354 g/mol. The van der Waals surface area contributed by atoms with Gasteiger partial charge in [-0.3, -0.25) is 9.59 Å². The Labute approximate surface area is 150 Å². The number of nitrogens with zero attached hydrogens (tertiary/aromatic N) is 1. The minimum atomic E-state index is -0.478. The third-order valence-corrected chi connectivity index (χ3v) is 4.53. The first-order chi connectivity index (χ1) is 12.4. The zero-order chi connectivity index (χ0) is 18.8. The molecule has 0 bridgehead atoms. The quantitative estimate of drug-likeness (QED) is 0.780. The van der Waals surface area contributed by atoms with Gasteiger partial charge in [0, 0.05) is 24.1 Å². The minimum absolute atomic E-state index is 0.230. The monoisotopic (exact) mass is 354 g/mol. The molecule has 0 aliphatic carbocycles. The van der Waals surface area contributed by atoms with Crippen molar-refractivity contribution in [3.8, 4) is 5.75 Å². The second-order valence-electron chi connectivity index (χ2n) is 6.07. The van der Waals surface area contributed by atoms with Crippen LogP contribution in [-0.4, -0.2) is 29.9 Å². The molecule has 3 rings (SSSR count). The number of carbonyl (C=O) groups is 1. The molecule has 1 heterocycles. The van der Waals surface area contributed by atoms with Crippen molar-refractivity contribution in [2.45, 2.75) is 13.0 Å². The Morgan fingerprint density at radius 1 is 1.19 bits per heavy atom. The van der Waals surface area contributed by atoms with Gasteiger partial charge in [-0.2, -0.15) is 0 Å². The molecule has 134 valence electrons. The van der Waals surface area contributed by atoms with Crippen molar-refractivity contribution in [1.82, 2.24) is 9.88 Å². The summed E-state index contributed by atoms with van der Waals surface area (Å²) in [5.74, 6) is -0.128. The lowest BCUT2D eigenvalue weighted by molar-refractivity contribution is 0.0743. The first-order valence-corrected chi connectivity index (χ1v) is 8.15. The van der Waals surface area contributed by atoms with E-state index in [4.69, 9.17) is 4.74 Å². The van der Waals surface area contributed by atoms with Crippen LogP contribution in [0, 0.1) is 5.82 Å². The summed E-state index contributed by atoms with van der Waals surface area (Å²) in [5.41, 5.74) is 0.919. The van der Waals surface area contributed by atoms with Crippen molar-refractivity contribution in [2.24, 2.45) is 0 Å². The molecule has 1 unspecified atom stereocenters.